The molecule has 0 amide bonds. The molecule has 1 aromatic carbocycles. The number of carbonyl (C=O) groups is 2. The summed E-state index contributed by atoms with van der Waals surface area (Å²) in [5.41, 5.74) is -0.113. The highest BCUT2D eigenvalue weighted by atomic mass is 16.7. The molecule has 2 heterocycles. The Labute approximate surface area is 305 Å². The van der Waals surface area contributed by atoms with E-state index in [0.717, 1.165) is 45.3 Å². The molecule has 8 heteroatoms. The Morgan fingerprint density at radius 2 is 1.75 bits per heavy atom. The van der Waals surface area contributed by atoms with Gasteiger partial charge in [-0.15, -0.1) is 0 Å². The van der Waals surface area contributed by atoms with Crippen LogP contribution in [0.25, 0.3) is 0 Å². The fraction of sp³-hybridized carbons (Fsp3) is 0.814. The van der Waals surface area contributed by atoms with Gasteiger partial charge in [0, 0.05) is 37.9 Å². The van der Waals surface area contributed by atoms with Gasteiger partial charge in [-0.2, -0.15) is 0 Å². The number of Topliss-reactive ketones (excluding diaryl/α,β-unsaturated/α-hetero) is 1. The van der Waals surface area contributed by atoms with Gasteiger partial charge in [-0.25, -0.2) is 0 Å². The summed E-state index contributed by atoms with van der Waals surface area (Å²) in [7, 11) is 0. The molecule has 0 radical (unpaired) electrons. The van der Waals surface area contributed by atoms with Gasteiger partial charge in [-0.3, -0.25) is 14.5 Å². The summed E-state index contributed by atoms with van der Waals surface area (Å²) in [6.07, 6.45) is 6.61. The predicted octanol–water partition coefficient (Wildman–Crippen LogP) is 6.95. The third-order valence-corrected chi connectivity index (χ3v) is 16.5. The molecule has 1 aromatic rings. The lowest BCUT2D eigenvalue weighted by Gasteiger charge is -2.62. The first-order valence-electron chi connectivity index (χ1n) is 20.1. The van der Waals surface area contributed by atoms with Crippen molar-refractivity contribution in [2.24, 2.45) is 50.7 Å². The maximum absolute atomic E-state index is 15.1. The SMILES string of the molecule is CC(=O)O[C@@H](C1C[C@@H](C)[C@H]2C(O1)C(=O)[C@@]1(C)C3CC[C@H]4C(C)(C)[C@@H](O[C@H]5CN(Cc6ccccc6)CCO5)CC[C@@]45CC35CC[C@]21C)C(C)(C)O. The summed E-state index contributed by atoms with van der Waals surface area (Å²) in [6.45, 7) is 19.9. The monoisotopic (exact) mass is 705 g/mol. The van der Waals surface area contributed by atoms with Crippen LogP contribution >= 0.6 is 0 Å². The van der Waals surface area contributed by atoms with E-state index in [1.807, 2.05) is 0 Å². The Hall–Kier alpha value is -1.84. The van der Waals surface area contributed by atoms with Crippen LogP contribution in [-0.4, -0.2) is 77.8 Å². The topological polar surface area (TPSA) is 94.5 Å². The Morgan fingerprint density at radius 1 is 1.04 bits per heavy atom. The van der Waals surface area contributed by atoms with E-state index in [9.17, 15) is 9.90 Å². The molecular formula is C43H63NO7. The first kappa shape index (κ1) is 36.2. The van der Waals surface area contributed by atoms with Crippen molar-refractivity contribution in [1.29, 1.82) is 0 Å². The van der Waals surface area contributed by atoms with Crippen LogP contribution in [-0.2, 0) is 35.1 Å². The molecule has 1 N–H and O–H groups in total. The van der Waals surface area contributed by atoms with Crippen LogP contribution in [0, 0.1) is 50.7 Å². The Bertz CT molecular complexity index is 1520. The second-order valence-electron chi connectivity index (χ2n) is 19.7. The standard InChI is InChI=1S/C43H63NO7/c1-26-22-29(37(39(5,6)47)49-27(2)45)50-35-34(26)40(7)18-19-43-25-42(43)17-16-32(38(3,4)30(42)14-15-31(43)41(40,8)36(35)46)51-33-24-44(20-21-48-33)23-28-12-10-9-11-13-28/h9-13,26,29-35,37,47H,14-25H2,1-8H3/t26-,29?,30+,31?,32+,33+,34+,35?,37+,40-,41-,42-,43?/m1/s1. The van der Waals surface area contributed by atoms with Gasteiger partial charge in [-0.1, -0.05) is 65.0 Å². The van der Waals surface area contributed by atoms with Crippen LogP contribution in [0.2, 0.25) is 0 Å². The maximum Gasteiger partial charge on any atom is 0.303 e. The second kappa shape index (κ2) is 12.1. The van der Waals surface area contributed by atoms with Crippen molar-refractivity contribution in [3.63, 3.8) is 0 Å². The van der Waals surface area contributed by atoms with Gasteiger partial charge in [-0.05, 0) is 110 Å². The number of fused-ring (bicyclic) bond motifs is 4. The van der Waals surface area contributed by atoms with Crippen molar-refractivity contribution in [2.45, 2.75) is 150 Å². The van der Waals surface area contributed by atoms with Gasteiger partial charge in [0.25, 0.3) is 0 Å². The lowest BCUT2D eigenvalue weighted by molar-refractivity contribution is -0.247. The number of nitrogens with zero attached hydrogens (tertiary/aromatic N) is 1. The van der Waals surface area contributed by atoms with E-state index in [2.05, 4.69) is 69.9 Å². The van der Waals surface area contributed by atoms with Gasteiger partial charge in [0.05, 0.1) is 24.4 Å². The van der Waals surface area contributed by atoms with E-state index in [1.165, 1.54) is 31.7 Å². The Balaban J connectivity index is 1.00. The van der Waals surface area contributed by atoms with E-state index in [4.69, 9.17) is 18.9 Å². The summed E-state index contributed by atoms with van der Waals surface area (Å²) < 4.78 is 25.7. The number of hydrogen-bond donors (Lipinski definition) is 1. The van der Waals surface area contributed by atoms with Crippen LogP contribution < -0.4 is 0 Å². The molecule has 7 fully saturated rings. The lowest BCUT2D eigenvalue weighted by Crippen LogP contribution is -2.59. The molecule has 0 aromatic heterocycles. The quantitative estimate of drug-likeness (QED) is 0.305. The Morgan fingerprint density at radius 3 is 2.45 bits per heavy atom. The number of ether oxygens (including phenoxy) is 4. The number of morpholine rings is 1. The van der Waals surface area contributed by atoms with Gasteiger partial charge in [0.1, 0.15) is 6.10 Å². The second-order valence-corrected chi connectivity index (χ2v) is 19.7. The third-order valence-electron chi connectivity index (χ3n) is 16.5. The molecule has 2 saturated heterocycles. The zero-order chi connectivity index (χ0) is 36.4. The van der Waals surface area contributed by atoms with E-state index >= 15 is 4.79 Å². The molecule has 5 saturated carbocycles. The van der Waals surface area contributed by atoms with Crippen molar-refractivity contribution in [3.8, 4) is 0 Å². The highest BCUT2D eigenvalue weighted by molar-refractivity contribution is 5.93. The zero-order valence-electron chi connectivity index (χ0n) is 32.4. The van der Waals surface area contributed by atoms with Gasteiger partial charge >= 0.3 is 5.97 Å². The maximum atomic E-state index is 15.1. The third kappa shape index (κ3) is 5.22. The zero-order valence-corrected chi connectivity index (χ0v) is 32.4. The molecular weight excluding hydrogens is 642 g/mol. The number of esters is 1. The Kier molecular flexibility index (Phi) is 8.56. The van der Waals surface area contributed by atoms with Crippen molar-refractivity contribution < 1.29 is 33.6 Å². The highest BCUT2D eigenvalue weighted by Gasteiger charge is 2.85. The average molecular weight is 706 g/mol. The van der Waals surface area contributed by atoms with E-state index in [-0.39, 0.29) is 51.7 Å². The van der Waals surface area contributed by atoms with E-state index in [0.29, 0.717) is 24.9 Å². The number of aliphatic hydroxyl groups is 1. The van der Waals surface area contributed by atoms with E-state index < -0.39 is 35.3 Å². The summed E-state index contributed by atoms with van der Waals surface area (Å²) >= 11 is 0. The smallest absolute Gasteiger partial charge is 0.303 e. The molecule has 51 heavy (non-hydrogen) atoms. The largest absolute Gasteiger partial charge is 0.457 e. The van der Waals surface area contributed by atoms with E-state index in [1.54, 1.807) is 13.8 Å². The molecule has 13 atom stereocenters. The molecule has 2 aliphatic heterocycles. The molecule has 2 spiro atoms. The first-order valence-corrected chi connectivity index (χ1v) is 20.1. The highest BCUT2D eigenvalue weighted by Crippen LogP contribution is 2.89. The average Bonchev–Trinajstić information content (AvgIpc) is 3.70. The number of rotatable bonds is 7. The fourth-order valence-corrected chi connectivity index (χ4v) is 14.2. The molecule has 7 aliphatic rings. The minimum absolute atomic E-state index is 0.0147. The fourth-order valence-electron chi connectivity index (χ4n) is 14.2. The van der Waals surface area contributed by atoms with Gasteiger partial charge < -0.3 is 24.1 Å². The van der Waals surface area contributed by atoms with Crippen molar-refractivity contribution in [1.82, 2.24) is 4.90 Å². The van der Waals surface area contributed by atoms with Crippen molar-refractivity contribution in [2.75, 3.05) is 19.7 Å². The van der Waals surface area contributed by atoms with Crippen LogP contribution in [0.5, 0.6) is 0 Å². The summed E-state index contributed by atoms with van der Waals surface area (Å²) in [5, 5.41) is 11.0. The number of benzene rings is 1. The molecule has 282 valence electrons. The van der Waals surface area contributed by atoms with Crippen LogP contribution in [0.3, 0.4) is 0 Å². The molecule has 5 aliphatic carbocycles. The van der Waals surface area contributed by atoms with Crippen molar-refractivity contribution in [3.05, 3.63) is 35.9 Å². The summed E-state index contributed by atoms with van der Waals surface area (Å²) in [4.78, 5) is 29.6. The minimum atomic E-state index is -1.28. The number of ketones is 1. The molecule has 4 unspecified atom stereocenters. The van der Waals surface area contributed by atoms with Crippen LogP contribution in [0.15, 0.2) is 30.3 Å². The van der Waals surface area contributed by atoms with Crippen LogP contribution in [0.1, 0.15) is 112 Å². The van der Waals surface area contributed by atoms with Crippen LogP contribution in [0.4, 0.5) is 0 Å². The lowest BCUT2D eigenvalue weighted by atomic mass is 9.41. The van der Waals surface area contributed by atoms with Gasteiger partial charge in [0.2, 0.25) is 0 Å². The predicted molar refractivity (Wildman–Crippen MR) is 193 cm³/mol. The summed E-state index contributed by atoms with van der Waals surface area (Å²) in [6, 6.07) is 10.7. The van der Waals surface area contributed by atoms with Crippen molar-refractivity contribution >= 4 is 11.8 Å². The number of carbonyl (C=O) groups excluding carboxylic acids is 2. The normalized spacial score (nSPS) is 46.5. The molecule has 8 nitrogen and oxygen atoms in total. The molecule has 0 bridgehead atoms. The van der Waals surface area contributed by atoms with Gasteiger partial charge in [0.15, 0.2) is 18.2 Å². The molecule has 8 rings (SSSR count). The first-order chi connectivity index (χ1) is 24.0. The summed E-state index contributed by atoms with van der Waals surface area (Å²) in [5.74, 6) is 1.05. The minimum Gasteiger partial charge on any atom is -0.457 e. The number of hydrogen-bond acceptors (Lipinski definition) is 8.